The average molecular weight is 511 g/mol. The van der Waals surface area contributed by atoms with Crippen LogP contribution in [0.1, 0.15) is 39.5 Å². The van der Waals surface area contributed by atoms with Crippen LogP contribution in [0, 0.1) is 13.8 Å². The number of anilines is 1. The molecule has 2 heterocycles. The number of thiazole rings is 1. The van der Waals surface area contributed by atoms with Gasteiger partial charge in [0.2, 0.25) is 5.78 Å². The zero-order valence-electron chi connectivity index (χ0n) is 20.8. The monoisotopic (exact) mass is 510 g/mol. The van der Waals surface area contributed by atoms with E-state index in [2.05, 4.69) is 4.98 Å². The summed E-state index contributed by atoms with van der Waals surface area (Å²) in [6.07, 6.45) is 0. The van der Waals surface area contributed by atoms with Gasteiger partial charge in [0, 0.05) is 11.3 Å². The van der Waals surface area contributed by atoms with E-state index in [9.17, 15) is 14.7 Å². The molecule has 37 heavy (non-hydrogen) atoms. The molecular formula is C30H26N2O4S. The summed E-state index contributed by atoms with van der Waals surface area (Å²) in [5, 5.41) is 11.8. The van der Waals surface area contributed by atoms with Gasteiger partial charge in [0.1, 0.15) is 10.8 Å². The predicted octanol–water partition coefficient (Wildman–Crippen LogP) is 6.61. The Morgan fingerprint density at radius 1 is 1.00 bits per heavy atom. The second kappa shape index (κ2) is 10.0. The summed E-state index contributed by atoms with van der Waals surface area (Å²) in [5.41, 5.74) is 3.75. The van der Waals surface area contributed by atoms with Crippen LogP contribution < -0.4 is 9.64 Å². The molecule has 1 aliphatic heterocycles. The molecule has 7 heteroatoms. The summed E-state index contributed by atoms with van der Waals surface area (Å²) in [6, 6.07) is 23.5. The van der Waals surface area contributed by atoms with Crippen molar-refractivity contribution in [3.63, 3.8) is 0 Å². The number of amides is 1. The van der Waals surface area contributed by atoms with Gasteiger partial charge in [-0.25, -0.2) is 4.98 Å². The van der Waals surface area contributed by atoms with Gasteiger partial charge in [0.15, 0.2) is 5.76 Å². The minimum absolute atomic E-state index is 0.0551. The summed E-state index contributed by atoms with van der Waals surface area (Å²) in [7, 11) is 0. The van der Waals surface area contributed by atoms with Crippen LogP contribution in [0.25, 0.3) is 10.6 Å². The van der Waals surface area contributed by atoms with E-state index < -0.39 is 23.5 Å². The van der Waals surface area contributed by atoms with Crippen LogP contribution in [-0.2, 0) is 4.79 Å². The van der Waals surface area contributed by atoms with E-state index in [4.69, 9.17) is 4.74 Å². The fourth-order valence-corrected chi connectivity index (χ4v) is 5.62. The first-order valence-electron chi connectivity index (χ1n) is 12.0. The zero-order chi connectivity index (χ0) is 26.1. The van der Waals surface area contributed by atoms with E-state index in [1.807, 2.05) is 68.4 Å². The highest BCUT2D eigenvalue weighted by Crippen LogP contribution is 2.44. The molecule has 1 atom stereocenters. The minimum Gasteiger partial charge on any atom is -0.503 e. The number of nitrogens with zero attached hydrogens (tertiary/aromatic N) is 2. The van der Waals surface area contributed by atoms with Crippen molar-refractivity contribution in [2.24, 2.45) is 0 Å². The highest BCUT2D eigenvalue weighted by molar-refractivity contribution is 7.17. The lowest BCUT2D eigenvalue weighted by molar-refractivity contribution is -0.117. The van der Waals surface area contributed by atoms with Crippen molar-refractivity contribution in [1.82, 2.24) is 4.98 Å². The first-order chi connectivity index (χ1) is 17.9. The lowest BCUT2D eigenvalue weighted by Crippen LogP contribution is -2.31. The molecule has 0 radical (unpaired) electrons. The Labute approximate surface area is 219 Å². The van der Waals surface area contributed by atoms with E-state index in [1.165, 1.54) is 16.2 Å². The van der Waals surface area contributed by atoms with Gasteiger partial charge >= 0.3 is 0 Å². The largest absolute Gasteiger partial charge is 0.503 e. The summed E-state index contributed by atoms with van der Waals surface area (Å²) in [6.45, 7) is 6.13. The third-order valence-corrected chi connectivity index (χ3v) is 7.59. The van der Waals surface area contributed by atoms with Crippen LogP contribution in [0.2, 0.25) is 0 Å². The molecule has 1 aliphatic rings. The predicted molar refractivity (Wildman–Crippen MR) is 145 cm³/mol. The van der Waals surface area contributed by atoms with Crippen molar-refractivity contribution in [1.29, 1.82) is 0 Å². The molecule has 0 fully saturated rings. The third kappa shape index (κ3) is 4.42. The molecule has 1 amide bonds. The zero-order valence-corrected chi connectivity index (χ0v) is 21.6. The number of hydrogen-bond donors (Lipinski definition) is 1. The van der Waals surface area contributed by atoms with Crippen molar-refractivity contribution in [3.05, 3.63) is 112 Å². The van der Waals surface area contributed by atoms with E-state index in [0.29, 0.717) is 33.6 Å². The van der Waals surface area contributed by atoms with Gasteiger partial charge < -0.3 is 9.84 Å². The number of ketones is 1. The number of benzene rings is 3. The highest BCUT2D eigenvalue weighted by atomic mass is 32.1. The number of ether oxygens (including phenoxy) is 1. The smallest absolute Gasteiger partial charge is 0.294 e. The van der Waals surface area contributed by atoms with E-state index in [1.54, 1.807) is 31.2 Å². The molecule has 1 N–H and O–H groups in total. The summed E-state index contributed by atoms with van der Waals surface area (Å²) < 4.78 is 5.55. The molecule has 0 saturated heterocycles. The fraction of sp³-hybridized carbons (Fsp3) is 0.167. The number of carbonyl (C=O) groups is 2. The number of Topliss-reactive ketones (excluding diaryl/α,β-unsaturated/α-hetero) is 1. The van der Waals surface area contributed by atoms with Crippen molar-refractivity contribution in [2.45, 2.75) is 26.8 Å². The molecule has 3 aromatic carbocycles. The summed E-state index contributed by atoms with van der Waals surface area (Å²) in [4.78, 5) is 34.0. The Kier molecular flexibility index (Phi) is 6.63. The average Bonchev–Trinajstić information content (AvgIpc) is 3.42. The van der Waals surface area contributed by atoms with Crippen LogP contribution in [-0.4, -0.2) is 28.4 Å². The van der Waals surface area contributed by atoms with Crippen LogP contribution >= 0.6 is 11.3 Å². The number of aromatic nitrogens is 1. The van der Waals surface area contributed by atoms with Crippen LogP contribution in [0.5, 0.6) is 5.75 Å². The fourth-order valence-electron chi connectivity index (χ4n) is 4.59. The van der Waals surface area contributed by atoms with E-state index in [-0.39, 0.29) is 5.57 Å². The first-order valence-corrected chi connectivity index (χ1v) is 12.8. The molecule has 1 aromatic heterocycles. The number of aliphatic hydroxyl groups is 1. The standard InChI is InChI=1S/C30H26N2O4S/c1-4-36-22-16-14-21(15-17-22)32-25(23-13-9-8-10-18(23)2)24(27(34)30(32)35)26(33)28-19(3)31-29(37-28)20-11-6-5-7-12-20/h5-17,25,34H,4H2,1-3H3. The molecule has 0 bridgehead atoms. The van der Waals surface area contributed by atoms with Crippen molar-refractivity contribution >= 4 is 28.7 Å². The Balaban J connectivity index is 1.61. The van der Waals surface area contributed by atoms with Gasteiger partial charge in [-0.3, -0.25) is 14.5 Å². The van der Waals surface area contributed by atoms with Crippen LogP contribution in [0.3, 0.4) is 0 Å². The third-order valence-electron chi connectivity index (χ3n) is 6.39. The van der Waals surface area contributed by atoms with Crippen LogP contribution in [0.15, 0.2) is 90.2 Å². The Morgan fingerprint density at radius 3 is 2.35 bits per heavy atom. The second-order valence-electron chi connectivity index (χ2n) is 8.75. The maximum atomic E-state index is 14.0. The molecule has 4 aromatic rings. The lowest BCUT2D eigenvalue weighted by Gasteiger charge is -2.28. The Morgan fingerprint density at radius 2 is 1.68 bits per heavy atom. The van der Waals surface area contributed by atoms with Crippen molar-refractivity contribution < 1.29 is 19.4 Å². The van der Waals surface area contributed by atoms with Gasteiger partial charge in [-0.1, -0.05) is 54.6 Å². The van der Waals surface area contributed by atoms with E-state index in [0.717, 1.165) is 16.7 Å². The quantitative estimate of drug-likeness (QED) is 0.283. The lowest BCUT2D eigenvalue weighted by atomic mass is 9.92. The van der Waals surface area contributed by atoms with E-state index >= 15 is 0 Å². The molecule has 0 saturated carbocycles. The van der Waals surface area contributed by atoms with Gasteiger partial charge in [-0.2, -0.15) is 0 Å². The van der Waals surface area contributed by atoms with Gasteiger partial charge in [0.05, 0.1) is 28.8 Å². The first kappa shape index (κ1) is 24.5. The molecule has 5 rings (SSSR count). The Bertz CT molecular complexity index is 1510. The van der Waals surface area contributed by atoms with Gasteiger partial charge in [0.25, 0.3) is 5.91 Å². The number of hydrogen-bond acceptors (Lipinski definition) is 6. The minimum atomic E-state index is -0.791. The summed E-state index contributed by atoms with van der Waals surface area (Å²) in [5.74, 6) is -0.885. The highest BCUT2D eigenvalue weighted by Gasteiger charge is 2.45. The van der Waals surface area contributed by atoms with Gasteiger partial charge in [-0.15, -0.1) is 11.3 Å². The molecule has 1 unspecified atom stereocenters. The van der Waals surface area contributed by atoms with Crippen molar-refractivity contribution in [2.75, 3.05) is 11.5 Å². The SMILES string of the molecule is CCOc1ccc(N2C(=O)C(O)=C(C(=O)c3sc(-c4ccccc4)nc3C)C2c2ccccc2C)cc1. The van der Waals surface area contributed by atoms with Crippen molar-refractivity contribution in [3.8, 4) is 16.3 Å². The number of carbonyl (C=O) groups excluding carboxylic acids is 2. The topological polar surface area (TPSA) is 79.7 Å². The molecule has 186 valence electrons. The van der Waals surface area contributed by atoms with Gasteiger partial charge in [-0.05, 0) is 56.2 Å². The number of aliphatic hydroxyl groups excluding tert-OH is 1. The maximum Gasteiger partial charge on any atom is 0.294 e. The molecule has 0 aliphatic carbocycles. The molecule has 0 spiro atoms. The maximum absolute atomic E-state index is 14.0. The number of aryl methyl sites for hydroxylation is 2. The normalized spacial score (nSPS) is 15.4. The summed E-state index contributed by atoms with van der Waals surface area (Å²) >= 11 is 1.26. The number of rotatable bonds is 7. The Hall–Kier alpha value is -4.23. The van der Waals surface area contributed by atoms with Crippen LogP contribution in [0.4, 0.5) is 5.69 Å². The second-order valence-corrected chi connectivity index (χ2v) is 9.75. The molecular weight excluding hydrogens is 484 g/mol. The molecule has 6 nitrogen and oxygen atoms in total.